The molecule has 1 aliphatic carbocycles. The number of rotatable bonds is 7. The molecule has 1 aromatic carbocycles. The van der Waals surface area contributed by atoms with E-state index in [0.29, 0.717) is 24.6 Å². The summed E-state index contributed by atoms with van der Waals surface area (Å²) >= 11 is 0. The number of aromatic nitrogens is 6. The lowest BCUT2D eigenvalue weighted by atomic mass is 9.92. The van der Waals surface area contributed by atoms with Crippen LogP contribution in [-0.4, -0.2) is 41.4 Å². The normalized spacial score (nSPS) is 18.1. The third kappa shape index (κ3) is 5.15. The van der Waals surface area contributed by atoms with Crippen molar-refractivity contribution in [2.75, 3.05) is 10.6 Å². The number of hydrogen-bond donors (Lipinski definition) is 3. The number of nitrogens with zero attached hydrogens (tertiary/aromatic N) is 6. The summed E-state index contributed by atoms with van der Waals surface area (Å²) in [5.74, 6) is 1.38. The SMILES string of the molecule is CC(C)n1cnc2c(NCc3ccc(-n4cccn4)cc3)nc(NC3CCC(N)CC3)nc21.Cl. The molecular formula is C24H32ClN9. The Balaban J connectivity index is 0.00000274. The van der Waals surface area contributed by atoms with Crippen LogP contribution in [0.1, 0.15) is 51.1 Å². The summed E-state index contributed by atoms with van der Waals surface area (Å²) in [5, 5.41) is 11.3. The molecule has 180 valence electrons. The fourth-order valence-corrected chi connectivity index (χ4v) is 4.30. The molecule has 3 heterocycles. The monoisotopic (exact) mass is 481 g/mol. The van der Waals surface area contributed by atoms with Crippen molar-refractivity contribution in [3.8, 4) is 5.69 Å². The number of imidazole rings is 1. The fraction of sp³-hybridized carbons (Fsp3) is 0.417. The van der Waals surface area contributed by atoms with Crippen LogP contribution in [-0.2, 0) is 6.54 Å². The van der Waals surface area contributed by atoms with Gasteiger partial charge in [-0.1, -0.05) is 12.1 Å². The van der Waals surface area contributed by atoms with Crippen molar-refractivity contribution in [3.63, 3.8) is 0 Å². The van der Waals surface area contributed by atoms with E-state index in [9.17, 15) is 0 Å². The number of halogens is 1. The molecule has 0 saturated heterocycles. The van der Waals surface area contributed by atoms with Crippen LogP contribution >= 0.6 is 12.4 Å². The zero-order valence-electron chi connectivity index (χ0n) is 19.6. The highest BCUT2D eigenvalue weighted by atomic mass is 35.5. The van der Waals surface area contributed by atoms with E-state index in [1.54, 1.807) is 6.20 Å². The van der Waals surface area contributed by atoms with E-state index in [4.69, 9.17) is 15.7 Å². The first-order valence-corrected chi connectivity index (χ1v) is 11.7. The molecule has 4 aromatic rings. The van der Waals surface area contributed by atoms with Crippen molar-refractivity contribution < 1.29 is 0 Å². The molecule has 10 heteroatoms. The zero-order chi connectivity index (χ0) is 22.8. The number of nitrogens with two attached hydrogens (primary N) is 1. The van der Waals surface area contributed by atoms with E-state index < -0.39 is 0 Å². The molecule has 0 radical (unpaired) electrons. The first kappa shape index (κ1) is 24.0. The van der Waals surface area contributed by atoms with Crippen LogP contribution in [0.5, 0.6) is 0 Å². The molecule has 1 saturated carbocycles. The molecule has 1 fully saturated rings. The molecular weight excluding hydrogens is 450 g/mol. The molecule has 34 heavy (non-hydrogen) atoms. The van der Waals surface area contributed by atoms with Crippen molar-refractivity contribution in [1.82, 2.24) is 29.3 Å². The van der Waals surface area contributed by atoms with Crippen LogP contribution in [0.15, 0.2) is 49.1 Å². The lowest BCUT2D eigenvalue weighted by Crippen LogP contribution is -2.33. The molecule has 9 nitrogen and oxygen atoms in total. The first-order chi connectivity index (χ1) is 16.1. The average Bonchev–Trinajstić information content (AvgIpc) is 3.50. The average molecular weight is 482 g/mol. The van der Waals surface area contributed by atoms with Gasteiger partial charge in [0.1, 0.15) is 0 Å². The molecule has 0 atom stereocenters. The summed E-state index contributed by atoms with van der Waals surface area (Å²) in [6.45, 7) is 4.90. The second-order valence-corrected chi connectivity index (χ2v) is 9.04. The van der Waals surface area contributed by atoms with E-state index >= 15 is 0 Å². The van der Waals surface area contributed by atoms with Gasteiger partial charge in [0.2, 0.25) is 5.95 Å². The first-order valence-electron chi connectivity index (χ1n) is 11.7. The van der Waals surface area contributed by atoms with Crippen LogP contribution in [0.4, 0.5) is 11.8 Å². The van der Waals surface area contributed by atoms with Gasteiger partial charge in [-0.25, -0.2) is 9.67 Å². The van der Waals surface area contributed by atoms with Crippen LogP contribution in [0.25, 0.3) is 16.9 Å². The van der Waals surface area contributed by atoms with E-state index in [2.05, 4.69) is 63.4 Å². The lowest BCUT2D eigenvalue weighted by Gasteiger charge is -2.27. The third-order valence-electron chi connectivity index (χ3n) is 6.25. The number of hydrogen-bond acceptors (Lipinski definition) is 7. The van der Waals surface area contributed by atoms with Gasteiger partial charge in [-0.15, -0.1) is 12.4 Å². The zero-order valence-corrected chi connectivity index (χ0v) is 20.4. The molecule has 3 aromatic heterocycles. The number of anilines is 2. The number of benzene rings is 1. The Labute approximate surface area is 205 Å². The van der Waals surface area contributed by atoms with Gasteiger partial charge in [0.15, 0.2) is 17.0 Å². The largest absolute Gasteiger partial charge is 0.364 e. The van der Waals surface area contributed by atoms with Crippen molar-refractivity contribution in [3.05, 3.63) is 54.6 Å². The van der Waals surface area contributed by atoms with Gasteiger partial charge in [-0.3, -0.25) is 0 Å². The summed E-state index contributed by atoms with van der Waals surface area (Å²) in [6.07, 6.45) is 9.70. The Kier molecular flexibility index (Phi) is 7.33. The Morgan fingerprint density at radius 2 is 1.85 bits per heavy atom. The highest BCUT2D eigenvalue weighted by Gasteiger charge is 2.21. The van der Waals surface area contributed by atoms with Crippen molar-refractivity contribution in [1.29, 1.82) is 0 Å². The fourth-order valence-electron chi connectivity index (χ4n) is 4.30. The van der Waals surface area contributed by atoms with Gasteiger partial charge >= 0.3 is 0 Å². The Hall–Kier alpha value is -3.17. The minimum absolute atomic E-state index is 0. The molecule has 1 aliphatic rings. The Morgan fingerprint density at radius 1 is 1.09 bits per heavy atom. The quantitative estimate of drug-likeness (QED) is 0.360. The maximum Gasteiger partial charge on any atom is 0.227 e. The summed E-state index contributed by atoms with van der Waals surface area (Å²) in [6, 6.07) is 11.2. The van der Waals surface area contributed by atoms with Crippen molar-refractivity contribution in [2.24, 2.45) is 5.73 Å². The maximum atomic E-state index is 6.07. The second kappa shape index (κ2) is 10.4. The van der Waals surface area contributed by atoms with Crippen LogP contribution in [0.3, 0.4) is 0 Å². The topological polar surface area (TPSA) is 112 Å². The van der Waals surface area contributed by atoms with Gasteiger partial charge in [-0.05, 0) is 63.3 Å². The maximum absolute atomic E-state index is 6.07. The third-order valence-corrected chi connectivity index (χ3v) is 6.25. The summed E-state index contributed by atoms with van der Waals surface area (Å²) < 4.78 is 3.93. The summed E-state index contributed by atoms with van der Waals surface area (Å²) in [7, 11) is 0. The smallest absolute Gasteiger partial charge is 0.227 e. The molecule has 0 spiro atoms. The Bertz CT molecular complexity index is 1190. The summed E-state index contributed by atoms with van der Waals surface area (Å²) in [4.78, 5) is 14.2. The number of fused-ring (bicyclic) bond motifs is 1. The van der Waals surface area contributed by atoms with Crippen LogP contribution < -0.4 is 16.4 Å². The molecule has 0 bridgehead atoms. The minimum Gasteiger partial charge on any atom is -0.364 e. The molecule has 0 unspecified atom stereocenters. The number of nitrogens with one attached hydrogen (secondary N) is 2. The highest BCUT2D eigenvalue weighted by molar-refractivity contribution is 5.85. The predicted octanol–water partition coefficient (Wildman–Crippen LogP) is 4.31. The van der Waals surface area contributed by atoms with E-state index in [1.165, 1.54) is 0 Å². The molecule has 5 rings (SSSR count). The van der Waals surface area contributed by atoms with E-state index in [-0.39, 0.29) is 18.4 Å². The lowest BCUT2D eigenvalue weighted by molar-refractivity contribution is 0.410. The van der Waals surface area contributed by atoms with Gasteiger partial charge in [0, 0.05) is 37.1 Å². The molecule has 0 amide bonds. The molecule has 4 N–H and O–H groups in total. The highest BCUT2D eigenvalue weighted by Crippen LogP contribution is 2.26. The summed E-state index contributed by atoms with van der Waals surface area (Å²) in [5.41, 5.74) is 9.88. The van der Waals surface area contributed by atoms with Gasteiger partial charge < -0.3 is 20.9 Å². The van der Waals surface area contributed by atoms with E-state index in [1.807, 2.05) is 23.3 Å². The standard InChI is InChI=1S/C24H31N9.ClH/c1-16(2)32-15-27-21-22(26-14-17-4-10-20(11-5-17)33-13-3-12-28-33)30-24(31-23(21)32)29-19-8-6-18(25)7-9-19;/h3-5,10-13,15-16,18-19H,6-9,14,25H2,1-2H3,(H2,26,29,30,31);1H. The molecule has 0 aliphatic heterocycles. The van der Waals surface area contributed by atoms with E-state index in [0.717, 1.165) is 53.9 Å². The Morgan fingerprint density at radius 3 is 2.53 bits per heavy atom. The minimum atomic E-state index is 0. The van der Waals surface area contributed by atoms with Crippen LogP contribution in [0, 0.1) is 0 Å². The van der Waals surface area contributed by atoms with Gasteiger partial charge in [-0.2, -0.15) is 15.1 Å². The predicted molar refractivity (Wildman–Crippen MR) is 138 cm³/mol. The van der Waals surface area contributed by atoms with Crippen molar-refractivity contribution >= 4 is 35.3 Å². The van der Waals surface area contributed by atoms with Crippen molar-refractivity contribution in [2.45, 2.75) is 64.2 Å². The van der Waals surface area contributed by atoms with Crippen LogP contribution in [0.2, 0.25) is 0 Å². The second-order valence-electron chi connectivity index (χ2n) is 9.04. The van der Waals surface area contributed by atoms with Gasteiger partial charge in [0.25, 0.3) is 0 Å². The van der Waals surface area contributed by atoms with Gasteiger partial charge in [0.05, 0.1) is 12.0 Å².